The van der Waals surface area contributed by atoms with Crippen molar-refractivity contribution in [3.63, 3.8) is 0 Å². The van der Waals surface area contributed by atoms with E-state index in [0.29, 0.717) is 10.8 Å². The van der Waals surface area contributed by atoms with Crippen LogP contribution in [0.2, 0.25) is 5.02 Å². The number of hydrogen-bond donors (Lipinski definition) is 0. The Morgan fingerprint density at radius 2 is 2.06 bits per heavy atom. The molecule has 90 valence electrons. The topological polar surface area (TPSA) is 36.2 Å². The van der Waals surface area contributed by atoms with E-state index in [1.54, 1.807) is 47.7 Å². The molecule has 0 fully saturated rings. The summed E-state index contributed by atoms with van der Waals surface area (Å²) < 4.78 is 8.21. The molecule has 0 atom stereocenters. The fourth-order valence-corrected chi connectivity index (χ4v) is 1.88. The summed E-state index contributed by atoms with van der Waals surface area (Å²) in [5.41, 5.74) is 1.52. The van der Waals surface area contributed by atoms with Crippen LogP contribution in [-0.2, 0) is 7.05 Å². The van der Waals surface area contributed by atoms with E-state index < -0.39 is 0 Å². The first-order valence-corrected chi connectivity index (χ1v) is 5.51. The minimum Gasteiger partial charge on any atom is -0.495 e. The van der Waals surface area contributed by atoms with Crippen molar-refractivity contribution < 1.29 is 4.74 Å². The first-order chi connectivity index (χ1) is 8.04. The maximum absolute atomic E-state index is 11.9. The number of aryl methyl sites for hydroxylation is 1. The lowest BCUT2D eigenvalue weighted by Gasteiger charge is -2.05. The van der Waals surface area contributed by atoms with Gasteiger partial charge in [0, 0.05) is 18.9 Å². The van der Waals surface area contributed by atoms with Gasteiger partial charge in [-0.2, -0.15) is 0 Å². The number of nitrogens with zero attached hydrogens (tertiary/aromatic N) is 2. The van der Waals surface area contributed by atoms with Crippen LogP contribution in [0.15, 0.2) is 29.2 Å². The monoisotopic (exact) mass is 252 g/mol. The normalized spacial score (nSPS) is 10.6. The van der Waals surface area contributed by atoms with Crippen molar-refractivity contribution in [3.05, 3.63) is 45.6 Å². The molecule has 1 aromatic carbocycles. The van der Waals surface area contributed by atoms with Crippen LogP contribution in [0.4, 0.5) is 0 Å². The third-order valence-electron chi connectivity index (χ3n) is 2.75. The van der Waals surface area contributed by atoms with Crippen LogP contribution in [0, 0.1) is 6.92 Å². The Kier molecular flexibility index (Phi) is 2.98. The molecule has 0 bridgehead atoms. The first-order valence-electron chi connectivity index (χ1n) is 5.13. The summed E-state index contributed by atoms with van der Waals surface area (Å²) in [4.78, 5) is 11.9. The molecule has 1 aromatic heterocycles. The minimum atomic E-state index is -0.0938. The Labute approximate surface area is 104 Å². The molecule has 0 saturated carbocycles. The molecule has 0 unspecified atom stereocenters. The van der Waals surface area contributed by atoms with Crippen LogP contribution < -0.4 is 10.4 Å². The minimum absolute atomic E-state index is 0.0938. The third-order valence-corrected chi connectivity index (χ3v) is 3.05. The van der Waals surface area contributed by atoms with Gasteiger partial charge in [-0.1, -0.05) is 11.6 Å². The van der Waals surface area contributed by atoms with E-state index >= 15 is 0 Å². The van der Waals surface area contributed by atoms with Crippen molar-refractivity contribution in [2.45, 2.75) is 6.92 Å². The number of imidazole rings is 1. The molecule has 0 spiro atoms. The Morgan fingerprint density at radius 1 is 1.35 bits per heavy atom. The summed E-state index contributed by atoms with van der Waals surface area (Å²) in [6.45, 7) is 1.88. The van der Waals surface area contributed by atoms with Gasteiger partial charge in [0.05, 0.1) is 17.8 Å². The molecular formula is C12H13ClN2O2. The summed E-state index contributed by atoms with van der Waals surface area (Å²) in [6, 6.07) is 5.25. The second kappa shape index (κ2) is 4.30. The second-order valence-corrected chi connectivity index (χ2v) is 4.21. The zero-order valence-corrected chi connectivity index (χ0v) is 10.7. The standard InChI is InChI=1S/C12H13ClN2O2/c1-8-7-15(12(16)14(8)2)9-4-5-11(17-3)10(13)6-9/h4-7H,1-3H3. The molecule has 2 aromatic rings. The van der Waals surface area contributed by atoms with E-state index in [-0.39, 0.29) is 5.69 Å². The van der Waals surface area contributed by atoms with E-state index in [9.17, 15) is 4.79 Å². The van der Waals surface area contributed by atoms with Gasteiger partial charge in [-0.15, -0.1) is 0 Å². The van der Waals surface area contributed by atoms with Gasteiger partial charge in [0.1, 0.15) is 5.75 Å². The SMILES string of the molecule is COc1ccc(-n2cc(C)n(C)c2=O)cc1Cl. The highest BCUT2D eigenvalue weighted by atomic mass is 35.5. The largest absolute Gasteiger partial charge is 0.495 e. The average Bonchev–Trinajstić information content (AvgIpc) is 2.57. The van der Waals surface area contributed by atoms with Gasteiger partial charge in [0.15, 0.2) is 0 Å². The van der Waals surface area contributed by atoms with Gasteiger partial charge in [-0.05, 0) is 25.1 Å². The summed E-state index contributed by atoms with van der Waals surface area (Å²) in [5, 5.41) is 0.485. The van der Waals surface area contributed by atoms with Crippen molar-refractivity contribution in [1.82, 2.24) is 9.13 Å². The van der Waals surface area contributed by atoms with Crippen molar-refractivity contribution >= 4 is 11.6 Å². The molecular weight excluding hydrogens is 240 g/mol. The molecule has 0 saturated heterocycles. The smallest absolute Gasteiger partial charge is 0.332 e. The number of halogens is 1. The van der Waals surface area contributed by atoms with E-state index in [2.05, 4.69) is 0 Å². The van der Waals surface area contributed by atoms with E-state index in [1.807, 2.05) is 6.92 Å². The van der Waals surface area contributed by atoms with Crippen molar-refractivity contribution in [1.29, 1.82) is 0 Å². The second-order valence-electron chi connectivity index (χ2n) is 3.80. The predicted octanol–water partition coefficient (Wildman–Crippen LogP) is 2.15. The summed E-state index contributed by atoms with van der Waals surface area (Å²) in [5.74, 6) is 0.594. The number of aromatic nitrogens is 2. The molecule has 0 aliphatic heterocycles. The van der Waals surface area contributed by atoms with Gasteiger partial charge < -0.3 is 4.74 Å². The van der Waals surface area contributed by atoms with Gasteiger partial charge in [-0.25, -0.2) is 4.79 Å². The van der Waals surface area contributed by atoms with Gasteiger partial charge in [0.2, 0.25) is 0 Å². The highest BCUT2D eigenvalue weighted by molar-refractivity contribution is 6.32. The highest BCUT2D eigenvalue weighted by Crippen LogP contribution is 2.26. The molecule has 1 heterocycles. The summed E-state index contributed by atoms with van der Waals surface area (Å²) in [6.07, 6.45) is 1.78. The maximum Gasteiger partial charge on any atom is 0.332 e. The number of benzene rings is 1. The molecule has 0 amide bonds. The van der Waals surface area contributed by atoms with Gasteiger partial charge in [0.25, 0.3) is 0 Å². The van der Waals surface area contributed by atoms with Crippen molar-refractivity contribution in [2.75, 3.05) is 7.11 Å². The Bertz CT molecular complexity index is 613. The number of rotatable bonds is 2. The first kappa shape index (κ1) is 11.8. The van der Waals surface area contributed by atoms with Crippen molar-refractivity contribution in [2.24, 2.45) is 7.05 Å². The van der Waals surface area contributed by atoms with Gasteiger partial charge in [-0.3, -0.25) is 9.13 Å². The van der Waals surface area contributed by atoms with E-state index in [1.165, 1.54) is 0 Å². The van der Waals surface area contributed by atoms with Gasteiger partial charge >= 0.3 is 5.69 Å². The summed E-state index contributed by atoms with van der Waals surface area (Å²) in [7, 11) is 3.29. The number of hydrogen-bond acceptors (Lipinski definition) is 2. The molecule has 0 N–H and O–H groups in total. The molecule has 0 aliphatic rings. The zero-order valence-electron chi connectivity index (χ0n) is 9.90. The average molecular weight is 253 g/mol. The van der Waals surface area contributed by atoms with Crippen LogP contribution >= 0.6 is 11.6 Å². The lowest BCUT2D eigenvalue weighted by Crippen LogP contribution is -2.21. The summed E-state index contributed by atoms with van der Waals surface area (Å²) >= 11 is 6.03. The van der Waals surface area contributed by atoms with Crippen molar-refractivity contribution in [3.8, 4) is 11.4 Å². The molecule has 5 heteroatoms. The third kappa shape index (κ3) is 1.96. The Hall–Kier alpha value is -1.68. The zero-order chi connectivity index (χ0) is 12.6. The van der Waals surface area contributed by atoms with Crippen LogP contribution in [0.1, 0.15) is 5.69 Å². The van der Waals surface area contributed by atoms with Crippen LogP contribution in [0.3, 0.4) is 0 Å². The fourth-order valence-electron chi connectivity index (χ4n) is 1.63. The number of methoxy groups -OCH3 is 1. The van der Waals surface area contributed by atoms with E-state index in [0.717, 1.165) is 11.4 Å². The quantitative estimate of drug-likeness (QED) is 0.821. The highest BCUT2D eigenvalue weighted by Gasteiger charge is 2.08. The molecule has 4 nitrogen and oxygen atoms in total. The molecule has 2 rings (SSSR count). The maximum atomic E-state index is 11.9. The Morgan fingerprint density at radius 3 is 2.53 bits per heavy atom. The van der Waals surface area contributed by atoms with E-state index in [4.69, 9.17) is 16.3 Å². The Balaban J connectivity index is 2.57. The van der Waals surface area contributed by atoms with Crippen LogP contribution in [0.5, 0.6) is 5.75 Å². The molecule has 0 aliphatic carbocycles. The van der Waals surface area contributed by atoms with Crippen LogP contribution in [-0.4, -0.2) is 16.2 Å². The van der Waals surface area contributed by atoms with Crippen LogP contribution in [0.25, 0.3) is 5.69 Å². The fraction of sp³-hybridized carbons (Fsp3) is 0.250. The predicted molar refractivity (Wildman–Crippen MR) is 67.3 cm³/mol. The lowest BCUT2D eigenvalue weighted by molar-refractivity contribution is 0.415. The lowest BCUT2D eigenvalue weighted by atomic mass is 10.3. The molecule has 0 radical (unpaired) electrons. The molecule has 17 heavy (non-hydrogen) atoms. The number of ether oxygens (including phenoxy) is 1.